The number of carbonyl (C=O) groups excluding carboxylic acids is 1. The van der Waals surface area contributed by atoms with Gasteiger partial charge in [-0.2, -0.15) is 4.99 Å². The molecule has 1 saturated heterocycles. The first-order valence-electron chi connectivity index (χ1n) is 8.64. The molecule has 1 amide bonds. The molecule has 0 radical (unpaired) electrons. The third-order valence-electron chi connectivity index (χ3n) is 4.08. The number of benzene rings is 1. The highest BCUT2D eigenvalue weighted by molar-refractivity contribution is 7.09. The van der Waals surface area contributed by atoms with Crippen molar-refractivity contribution in [2.75, 3.05) is 20.3 Å². The number of thiazole rings is 1. The zero-order valence-corrected chi connectivity index (χ0v) is 17.4. The van der Waals surface area contributed by atoms with Crippen molar-refractivity contribution in [3.63, 3.8) is 0 Å². The van der Waals surface area contributed by atoms with Crippen LogP contribution < -0.4 is 9.54 Å². The minimum absolute atomic E-state index is 0.0611. The molecule has 0 unspecified atom stereocenters. The maximum absolute atomic E-state index is 12.8. The van der Waals surface area contributed by atoms with E-state index in [0.717, 1.165) is 4.88 Å². The molecule has 146 valence electrons. The summed E-state index contributed by atoms with van der Waals surface area (Å²) in [5.41, 5.74) is 0.268. The molecule has 27 heavy (non-hydrogen) atoms. The van der Waals surface area contributed by atoms with Crippen LogP contribution in [-0.2, 0) is 21.4 Å². The van der Waals surface area contributed by atoms with Gasteiger partial charge in [-0.15, -0.1) is 11.3 Å². The van der Waals surface area contributed by atoms with E-state index in [-0.39, 0.29) is 11.7 Å². The van der Waals surface area contributed by atoms with Gasteiger partial charge in [0.25, 0.3) is 5.91 Å². The third-order valence-corrected chi connectivity index (χ3v) is 5.77. The number of halogens is 1. The third kappa shape index (κ3) is 4.79. The lowest BCUT2D eigenvalue weighted by Gasteiger charge is -2.15. The maximum atomic E-state index is 12.8. The summed E-state index contributed by atoms with van der Waals surface area (Å²) in [6, 6.07) is 4.90. The number of aromatic nitrogens is 1. The molecule has 0 aliphatic carbocycles. The van der Waals surface area contributed by atoms with Gasteiger partial charge in [0.1, 0.15) is 5.75 Å². The van der Waals surface area contributed by atoms with Crippen LogP contribution in [0.1, 0.15) is 36.0 Å². The van der Waals surface area contributed by atoms with Gasteiger partial charge in [-0.1, -0.05) is 32.4 Å². The Morgan fingerprint density at radius 2 is 2.07 bits per heavy atom. The molecule has 0 atom stereocenters. The summed E-state index contributed by atoms with van der Waals surface area (Å²) in [5.74, 6) is 0.0356. The molecule has 1 aromatic heterocycles. The molecule has 8 heteroatoms. The average molecular weight is 411 g/mol. The smallest absolute Gasteiger partial charge is 0.283 e. The maximum Gasteiger partial charge on any atom is 0.283 e. The minimum Gasteiger partial charge on any atom is -0.496 e. The Balaban J connectivity index is 2.02. The molecule has 6 nitrogen and oxygen atoms in total. The van der Waals surface area contributed by atoms with Gasteiger partial charge in [-0.05, 0) is 23.6 Å². The zero-order chi connectivity index (χ0) is 19.6. The number of amides is 1. The summed E-state index contributed by atoms with van der Waals surface area (Å²) in [4.78, 5) is 18.9. The Hall–Kier alpha value is -1.67. The van der Waals surface area contributed by atoms with Gasteiger partial charge in [-0.25, -0.2) is 0 Å². The van der Waals surface area contributed by atoms with E-state index in [4.69, 9.17) is 25.8 Å². The van der Waals surface area contributed by atoms with Crippen LogP contribution in [0, 0.1) is 0 Å². The predicted molar refractivity (Wildman–Crippen MR) is 105 cm³/mol. The van der Waals surface area contributed by atoms with E-state index in [1.165, 1.54) is 18.4 Å². The van der Waals surface area contributed by atoms with Crippen LogP contribution >= 0.6 is 22.9 Å². The van der Waals surface area contributed by atoms with Crippen LogP contribution in [-0.4, -0.2) is 37.1 Å². The van der Waals surface area contributed by atoms with E-state index < -0.39 is 5.91 Å². The number of nitrogens with zero attached hydrogens (tertiary/aromatic N) is 2. The molecular weight excluding hydrogens is 388 g/mol. The van der Waals surface area contributed by atoms with Gasteiger partial charge in [-0.3, -0.25) is 4.79 Å². The van der Waals surface area contributed by atoms with Crippen molar-refractivity contribution in [3.8, 4) is 5.75 Å². The molecule has 3 rings (SSSR count). The predicted octanol–water partition coefficient (Wildman–Crippen LogP) is 3.62. The largest absolute Gasteiger partial charge is 0.496 e. The topological polar surface area (TPSA) is 62.0 Å². The lowest BCUT2D eigenvalue weighted by Crippen LogP contribution is -2.24. The van der Waals surface area contributed by atoms with E-state index >= 15 is 0 Å². The summed E-state index contributed by atoms with van der Waals surface area (Å²) in [6.07, 6.45) is 1.68. The first kappa shape index (κ1) is 20.1. The van der Waals surface area contributed by atoms with E-state index in [9.17, 15) is 4.79 Å². The lowest BCUT2D eigenvalue weighted by atomic mass is 9.95. The highest BCUT2D eigenvalue weighted by Crippen LogP contribution is 2.26. The SMILES string of the molecule is COc1ccc(Cl)cc1C(=O)N=c1sc(C(C)(C)C)cn1CC1OCCO1. The quantitative estimate of drug-likeness (QED) is 0.772. The van der Waals surface area contributed by atoms with E-state index in [0.29, 0.717) is 40.9 Å². The summed E-state index contributed by atoms with van der Waals surface area (Å²) in [6.45, 7) is 8.00. The Morgan fingerprint density at radius 3 is 2.70 bits per heavy atom. The number of rotatable bonds is 4. The Labute approximate surface area is 167 Å². The Morgan fingerprint density at radius 1 is 1.37 bits per heavy atom. The van der Waals surface area contributed by atoms with Crippen LogP contribution in [0.5, 0.6) is 5.75 Å². The molecule has 0 saturated carbocycles. The van der Waals surface area contributed by atoms with Crippen molar-refractivity contribution >= 4 is 28.8 Å². The summed E-state index contributed by atoms with van der Waals surface area (Å²) in [5, 5.41) is 0.455. The number of hydrogen-bond donors (Lipinski definition) is 0. The molecule has 0 N–H and O–H groups in total. The standard InChI is InChI=1S/C19H23ClN2O4S/c1-19(2,3)15-10-22(11-16-25-7-8-26-16)18(27-15)21-17(23)13-9-12(20)5-6-14(13)24-4/h5-6,9-10,16H,7-8,11H2,1-4H3. The molecule has 2 heterocycles. The number of methoxy groups -OCH3 is 1. The zero-order valence-electron chi connectivity index (χ0n) is 15.8. The lowest BCUT2D eigenvalue weighted by molar-refractivity contribution is -0.0529. The molecule has 1 aromatic carbocycles. The van der Waals surface area contributed by atoms with Crippen molar-refractivity contribution in [2.45, 2.75) is 39.0 Å². The summed E-state index contributed by atoms with van der Waals surface area (Å²) < 4.78 is 18.3. The highest BCUT2D eigenvalue weighted by Gasteiger charge is 2.22. The van der Waals surface area contributed by atoms with Crippen molar-refractivity contribution in [3.05, 3.63) is 44.7 Å². The first-order valence-corrected chi connectivity index (χ1v) is 9.84. The Bertz CT molecular complexity index is 892. The van der Waals surface area contributed by atoms with Gasteiger partial charge < -0.3 is 18.8 Å². The van der Waals surface area contributed by atoms with E-state index in [1.54, 1.807) is 18.2 Å². The molecule has 0 bridgehead atoms. The van der Waals surface area contributed by atoms with Crippen molar-refractivity contribution in [2.24, 2.45) is 4.99 Å². The van der Waals surface area contributed by atoms with Crippen LogP contribution in [0.4, 0.5) is 0 Å². The van der Waals surface area contributed by atoms with Crippen molar-refractivity contribution in [1.29, 1.82) is 0 Å². The molecule has 1 aliphatic rings. The van der Waals surface area contributed by atoms with Gasteiger partial charge in [0.2, 0.25) is 0 Å². The van der Waals surface area contributed by atoms with Crippen LogP contribution in [0.25, 0.3) is 0 Å². The fourth-order valence-electron chi connectivity index (χ4n) is 2.61. The average Bonchev–Trinajstić information content (AvgIpc) is 3.25. The highest BCUT2D eigenvalue weighted by atomic mass is 35.5. The molecule has 1 aliphatic heterocycles. The van der Waals surface area contributed by atoms with Crippen LogP contribution in [0.3, 0.4) is 0 Å². The molecular formula is C19H23ClN2O4S. The fraction of sp³-hybridized carbons (Fsp3) is 0.474. The number of hydrogen-bond acceptors (Lipinski definition) is 5. The van der Waals surface area contributed by atoms with Gasteiger partial charge in [0.05, 0.1) is 32.4 Å². The van der Waals surface area contributed by atoms with Gasteiger partial charge in [0, 0.05) is 16.1 Å². The minimum atomic E-state index is -0.404. The molecule has 2 aromatic rings. The van der Waals surface area contributed by atoms with Crippen molar-refractivity contribution in [1.82, 2.24) is 4.57 Å². The number of carbonyl (C=O) groups is 1. The second kappa shape index (κ2) is 8.14. The fourth-order valence-corrected chi connectivity index (χ4v) is 3.84. The monoisotopic (exact) mass is 410 g/mol. The van der Waals surface area contributed by atoms with E-state index in [1.807, 2.05) is 10.8 Å². The second-order valence-electron chi connectivity index (χ2n) is 7.21. The van der Waals surface area contributed by atoms with Crippen LogP contribution in [0.2, 0.25) is 5.02 Å². The van der Waals surface area contributed by atoms with Crippen LogP contribution in [0.15, 0.2) is 29.4 Å². The first-order chi connectivity index (χ1) is 12.8. The molecule has 0 spiro atoms. The Kier molecular flexibility index (Phi) is 6.05. The van der Waals surface area contributed by atoms with E-state index in [2.05, 4.69) is 25.8 Å². The van der Waals surface area contributed by atoms with Crippen molar-refractivity contribution < 1.29 is 19.0 Å². The van der Waals surface area contributed by atoms with Gasteiger partial charge in [0.15, 0.2) is 11.1 Å². The normalized spacial score (nSPS) is 16.1. The molecule has 1 fully saturated rings. The second-order valence-corrected chi connectivity index (χ2v) is 8.66. The summed E-state index contributed by atoms with van der Waals surface area (Å²) >= 11 is 7.53. The summed E-state index contributed by atoms with van der Waals surface area (Å²) in [7, 11) is 1.51. The van der Waals surface area contributed by atoms with Gasteiger partial charge >= 0.3 is 0 Å². The number of ether oxygens (including phenoxy) is 3.